The Balaban J connectivity index is 1.70. The molecule has 0 spiro atoms. The van der Waals surface area contributed by atoms with Gasteiger partial charge in [0.1, 0.15) is 5.82 Å². The van der Waals surface area contributed by atoms with Crippen LogP contribution in [0.2, 0.25) is 0 Å². The van der Waals surface area contributed by atoms with E-state index in [1.807, 2.05) is 31.2 Å². The van der Waals surface area contributed by atoms with E-state index in [-0.39, 0.29) is 5.91 Å². The van der Waals surface area contributed by atoms with E-state index >= 15 is 0 Å². The van der Waals surface area contributed by atoms with E-state index in [0.29, 0.717) is 18.2 Å². The molecule has 5 nitrogen and oxygen atoms in total. The van der Waals surface area contributed by atoms with E-state index in [1.165, 1.54) is 19.3 Å². The zero-order valence-electron chi connectivity index (χ0n) is 17.1. The van der Waals surface area contributed by atoms with E-state index < -0.39 is 0 Å². The molecular formula is C22H30N4OS. The fourth-order valence-electron chi connectivity index (χ4n) is 3.45. The summed E-state index contributed by atoms with van der Waals surface area (Å²) in [5.74, 6) is 1.83. The highest BCUT2D eigenvalue weighted by molar-refractivity contribution is 7.98. The quantitative estimate of drug-likeness (QED) is 0.551. The molecule has 0 unspecified atom stereocenters. The van der Waals surface area contributed by atoms with E-state index in [4.69, 9.17) is 9.97 Å². The number of carbonyl (C=O) groups is 1. The molecular weight excluding hydrogens is 368 g/mol. The normalized spacial score (nSPS) is 16.8. The highest BCUT2D eigenvalue weighted by Crippen LogP contribution is 2.27. The zero-order valence-corrected chi connectivity index (χ0v) is 17.9. The monoisotopic (exact) mass is 398 g/mol. The highest BCUT2D eigenvalue weighted by atomic mass is 32.2. The number of hydrogen-bond donors (Lipinski definition) is 1. The van der Waals surface area contributed by atoms with Crippen molar-refractivity contribution < 1.29 is 4.79 Å². The van der Waals surface area contributed by atoms with Crippen LogP contribution in [0.25, 0.3) is 0 Å². The standard InChI is InChI=1S/C22H30N4OS/c1-4-19-14-20(26-13-7-6-8-16(26)3)25-22(24-19)28-15-17-9-11-18(12-10-17)21(27)23-5-2/h9-12,14,16H,4-8,13,15H2,1-3H3,(H,23,27)/t16-/m0/s1. The van der Waals surface area contributed by atoms with Crippen molar-refractivity contribution in [1.29, 1.82) is 0 Å². The Morgan fingerprint density at radius 1 is 1.21 bits per heavy atom. The molecule has 0 saturated carbocycles. The average molecular weight is 399 g/mol. The molecule has 2 aromatic rings. The van der Waals surface area contributed by atoms with Gasteiger partial charge in [0.25, 0.3) is 5.91 Å². The van der Waals surface area contributed by atoms with Crippen LogP contribution < -0.4 is 10.2 Å². The molecule has 1 aliphatic heterocycles. The molecule has 1 N–H and O–H groups in total. The third kappa shape index (κ3) is 5.25. The van der Waals surface area contributed by atoms with Crippen molar-refractivity contribution in [1.82, 2.24) is 15.3 Å². The Morgan fingerprint density at radius 3 is 2.68 bits per heavy atom. The van der Waals surface area contributed by atoms with Crippen molar-refractivity contribution in [3.05, 3.63) is 47.2 Å². The largest absolute Gasteiger partial charge is 0.354 e. The minimum Gasteiger partial charge on any atom is -0.354 e. The predicted octanol–water partition coefficient (Wildman–Crippen LogP) is 4.46. The Bertz CT molecular complexity index is 794. The van der Waals surface area contributed by atoms with Crippen LogP contribution in [-0.4, -0.2) is 35.0 Å². The lowest BCUT2D eigenvalue weighted by Crippen LogP contribution is -2.38. The molecule has 0 bridgehead atoms. The number of rotatable bonds is 7. The van der Waals surface area contributed by atoms with E-state index in [2.05, 4.69) is 30.1 Å². The summed E-state index contributed by atoms with van der Waals surface area (Å²) < 4.78 is 0. The molecule has 1 saturated heterocycles. The molecule has 1 atom stereocenters. The van der Waals surface area contributed by atoms with Crippen molar-refractivity contribution in [2.75, 3.05) is 18.0 Å². The highest BCUT2D eigenvalue weighted by Gasteiger charge is 2.21. The smallest absolute Gasteiger partial charge is 0.251 e. The predicted molar refractivity (Wildman–Crippen MR) is 116 cm³/mol. The first-order chi connectivity index (χ1) is 13.6. The maximum absolute atomic E-state index is 11.9. The lowest BCUT2D eigenvalue weighted by atomic mass is 10.0. The molecule has 2 heterocycles. The summed E-state index contributed by atoms with van der Waals surface area (Å²) in [5.41, 5.74) is 2.95. The van der Waals surface area contributed by atoms with E-state index in [1.54, 1.807) is 11.8 Å². The van der Waals surface area contributed by atoms with Crippen LogP contribution in [0.15, 0.2) is 35.5 Å². The molecule has 28 heavy (non-hydrogen) atoms. The lowest BCUT2D eigenvalue weighted by Gasteiger charge is -2.34. The number of benzene rings is 1. The fourth-order valence-corrected chi connectivity index (χ4v) is 4.28. The lowest BCUT2D eigenvalue weighted by molar-refractivity contribution is 0.0956. The second kappa shape index (κ2) is 9.92. The van der Waals surface area contributed by atoms with Crippen LogP contribution >= 0.6 is 11.8 Å². The van der Waals surface area contributed by atoms with Gasteiger partial charge in [0.05, 0.1) is 0 Å². The van der Waals surface area contributed by atoms with Gasteiger partial charge in [-0.2, -0.15) is 0 Å². The van der Waals surface area contributed by atoms with Gasteiger partial charge in [0.2, 0.25) is 0 Å². The van der Waals surface area contributed by atoms with Gasteiger partial charge < -0.3 is 10.2 Å². The number of hydrogen-bond acceptors (Lipinski definition) is 5. The van der Waals surface area contributed by atoms with Gasteiger partial charge in [0.15, 0.2) is 5.16 Å². The van der Waals surface area contributed by atoms with Gasteiger partial charge in [-0.3, -0.25) is 4.79 Å². The first-order valence-corrected chi connectivity index (χ1v) is 11.2. The van der Waals surface area contributed by atoms with Crippen molar-refractivity contribution in [2.45, 2.75) is 63.4 Å². The fraction of sp³-hybridized carbons (Fsp3) is 0.500. The first-order valence-electron chi connectivity index (χ1n) is 10.2. The molecule has 150 valence electrons. The summed E-state index contributed by atoms with van der Waals surface area (Å²) in [5, 5.41) is 3.66. The van der Waals surface area contributed by atoms with Crippen LogP contribution in [0.3, 0.4) is 0 Å². The minimum absolute atomic E-state index is 0.0269. The van der Waals surface area contributed by atoms with Crippen LogP contribution in [0.1, 0.15) is 61.6 Å². The van der Waals surface area contributed by atoms with Crippen LogP contribution in [0.4, 0.5) is 5.82 Å². The summed E-state index contributed by atoms with van der Waals surface area (Å²) in [7, 11) is 0. The Hall–Kier alpha value is -2.08. The number of piperidine rings is 1. The van der Waals surface area contributed by atoms with Crippen molar-refractivity contribution in [3.8, 4) is 0 Å². The maximum Gasteiger partial charge on any atom is 0.251 e. The molecule has 0 aliphatic carbocycles. The van der Waals surface area contributed by atoms with Gasteiger partial charge in [-0.15, -0.1) is 0 Å². The average Bonchev–Trinajstić information content (AvgIpc) is 2.73. The van der Waals surface area contributed by atoms with Crippen molar-refractivity contribution in [3.63, 3.8) is 0 Å². The SMILES string of the molecule is CCNC(=O)c1ccc(CSc2nc(CC)cc(N3CCCC[C@@H]3C)n2)cc1. The summed E-state index contributed by atoms with van der Waals surface area (Å²) in [6.45, 7) is 8.06. The number of carbonyl (C=O) groups excluding carboxylic acids is 1. The summed E-state index contributed by atoms with van der Waals surface area (Å²) in [6, 6.07) is 10.5. The van der Waals surface area contributed by atoms with E-state index in [9.17, 15) is 4.79 Å². The Morgan fingerprint density at radius 2 is 2.00 bits per heavy atom. The van der Waals surface area contributed by atoms with Gasteiger partial charge in [-0.25, -0.2) is 9.97 Å². The molecule has 1 amide bonds. The number of aryl methyl sites for hydroxylation is 1. The molecule has 1 aromatic carbocycles. The minimum atomic E-state index is -0.0269. The first kappa shape index (κ1) is 20.6. The van der Waals surface area contributed by atoms with Gasteiger partial charge in [-0.1, -0.05) is 30.8 Å². The number of nitrogens with one attached hydrogen (secondary N) is 1. The van der Waals surface area contributed by atoms with Crippen molar-refractivity contribution in [2.24, 2.45) is 0 Å². The number of anilines is 1. The third-order valence-electron chi connectivity index (χ3n) is 5.13. The molecule has 1 aliphatic rings. The molecule has 1 fully saturated rings. The summed E-state index contributed by atoms with van der Waals surface area (Å²) in [6.07, 6.45) is 4.67. The van der Waals surface area contributed by atoms with Gasteiger partial charge in [0, 0.05) is 42.2 Å². The zero-order chi connectivity index (χ0) is 19.9. The molecule has 1 aromatic heterocycles. The second-order valence-electron chi connectivity index (χ2n) is 7.24. The number of aromatic nitrogens is 2. The topological polar surface area (TPSA) is 58.1 Å². The number of amides is 1. The maximum atomic E-state index is 11.9. The third-order valence-corrected chi connectivity index (χ3v) is 6.04. The second-order valence-corrected chi connectivity index (χ2v) is 8.18. The van der Waals surface area contributed by atoms with Crippen molar-refractivity contribution >= 4 is 23.5 Å². The Kier molecular flexibility index (Phi) is 7.31. The van der Waals surface area contributed by atoms with Crippen LogP contribution in [0, 0.1) is 0 Å². The van der Waals surface area contributed by atoms with Crippen LogP contribution in [0.5, 0.6) is 0 Å². The van der Waals surface area contributed by atoms with Gasteiger partial charge in [-0.05, 0) is 57.2 Å². The van der Waals surface area contributed by atoms with Crippen LogP contribution in [-0.2, 0) is 12.2 Å². The Labute approximate surface area is 172 Å². The number of nitrogens with zero attached hydrogens (tertiary/aromatic N) is 3. The summed E-state index contributed by atoms with van der Waals surface area (Å²) in [4.78, 5) is 23.9. The summed E-state index contributed by atoms with van der Waals surface area (Å²) >= 11 is 1.66. The van der Waals surface area contributed by atoms with E-state index in [0.717, 1.165) is 41.0 Å². The number of thioether (sulfide) groups is 1. The molecule has 0 radical (unpaired) electrons. The molecule has 6 heteroatoms. The van der Waals surface area contributed by atoms with Gasteiger partial charge >= 0.3 is 0 Å². The molecule has 3 rings (SSSR count).